The van der Waals surface area contributed by atoms with Gasteiger partial charge in [-0.2, -0.15) is 0 Å². The van der Waals surface area contributed by atoms with E-state index in [1.165, 1.54) is 13.3 Å². The van der Waals surface area contributed by atoms with Crippen molar-refractivity contribution in [3.8, 4) is 0 Å². The van der Waals surface area contributed by atoms with Gasteiger partial charge in [0.05, 0.1) is 24.9 Å². The molecule has 0 aliphatic heterocycles. The number of nitrogens with zero attached hydrogens (tertiary/aromatic N) is 2. The first-order chi connectivity index (χ1) is 11.6. The molecule has 2 aromatic heterocycles. The van der Waals surface area contributed by atoms with Crippen LogP contribution >= 0.6 is 0 Å². The van der Waals surface area contributed by atoms with Crippen molar-refractivity contribution in [3.05, 3.63) is 54.0 Å². The molecule has 0 saturated carbocycles. The minimum Gasteiger partial charge on any atom is -0.481 e. The molecule has 0 atom stereocenters. The molecule has 0 aromatic carbocycles. The SMILES string of the molecule is COC.COC(=N)c1ccc(NC(=O)NCc2ccccn2)nc1. The zero-order valence-corrected chi connectivity index (χ0v) is 13.9. The average Bonchev–Trinajstić information content (AvgIpc) is 2.61. The highest BCUT2D eigenvalue weighted by Gasteiger charge is 2.05. The first-order valence-corrected chi connectivity index (χ1v) is 7.04. The van der Waals surface area contributed by atoms with Crippen molar-refractivity contribution in [2.45, 2.75) is 6.54 Å². The third-order valence-corrected chi connectivity index (χ3v) is 2.63. The van der Waals surface area contributed by atoms with Crippen LogP contribution in [0.4, 0.5) is 10.6 Å². The number of amides is 2. The van der Waals surface area contributed by atoms with Crippen LogP contribution in [0.1, 0.15) is 11.3 Å². The predicted molar refractivity (Wildman–Crippen MR) is 91.1 cm³/mol. The minimum atomic E-state index is -0.372. The van der Waals surface area contributed by atoms with Crippen molar-refractivity contribution >= 4 is 17.7 Å². The van der Waals surface area contributed by atoms with E-state index in [0.29, 0.717) is 17.9 Å². The fourth-order valence-electron chi connectivity index (χ4n) is 1.55. The lowest BCUT2D eigenvalue weighted by Crippen LogP contribution is -2.28. The Kier molecular flexibility index (Phi) is 8.48. The molecule has 2 aromatic rings. The molecule has 8 heteroatoms. The fraction of sp³-hybridized carbons (Fsp3) is 0.250. The van der Waals surface area contributed by atoms with Gasteiger partial charge in [-0.3, -0.25) is 15.7 Å². The van der Waals surface area contributed by atoms with Crippen LogP contribution < -0.4 is 10.6 Å². The van der Waals surface area contributed by atoms with Crippen LogP contribution in [0, 0.1) is 5.41 Å². The molecular formula is C16H21N5O3. The van der Waals surface area contributed by atoms with E-state index in [1.54, 1.807) is 32.5 Å². The summed E-state index contributed by atoms with van der Waals surface area (Å²) >= 11 is 0. The number of nitrogens with one attached hydrogen (secondary N) is 3. The number of pyridine rings is 2. The van der Waals surface area contributed by atoms with Crippen molar-refractivity contribution in [2.24, 2.45) is 0 Å². The Hall–Kier alpha value is -3.00. The summed E-state index contributed by atoms with van der Waals surface area (Å²) in [4.78, 5) is 19.8. The summed E-state index contributed by atoms with van der Waals surface area (Å²) in [5.41, 5.74) is 1.31. The summed E-state index contributed by atoms with van der Waals surface area (Å²) in [5.74, 6) is 0.412. The van der Waals surface area contributed by atoms with Crippen molar-refractivity contribution in [1.29, 1.82) is 5.41 Å². The topological polar surface area (TPSA) is 109 Å². The number of carbonyl (C=O) groups is 1. The number of aromatic nitrogens is 2. The molecule has 24 heavy (non-hydrogen) atoms. The van der Waals surface area contributed by atoms with Gasteiger partial charge in [-0.15, -0.1) is 0 Å². The molecule has 3 N–H and O–H groups in total. The number of ether oxygens (including phenoxy) is 2. The maximum absolute atomic E-state index is 11.7. The van der Waals surface area contributed by atoms with Gasteiger partial charge in [0.25, 0.3) is 0 Å². The third-order valence-electron chi connectivity index (χ3n) is 2.63. The van der Waals surface area contributed by atoms with Gasteiger partial charge >= 0.3 is 6.03 Å². The molecule has 0 aliphatic carbocycles. The monoisotopic (exact) mass is 331 g/mol. The van der Waals surface area contributed by atoms with Gasteiger partial charge in [-0.25, -0.2) is 9.78 Å². The first-order valence-electron chi connectivity index (χ1n) is 7.04. The Balaban J connectivity index is 0.000000891. The smallest absolute Gasteiger partial charge is 0.320 e. The van der Waals surface area contributed by atoms with Gasteiger partial charge in [0.1, 0.15) is 5.82 Å². The zero-order valence-electron chi connectivity index (χ0n) is 13.9. The van der Waals surface area contributed by atoms with Crippen LogP contribution in [-0.4, -0.2) is 43.2 Å². The van der Waals surface area contributed by atoms with Crippen molar-refractivity contribution < 1.29 is 14.3 Å². The fourth-order valence-corrected chi connectivity index (χ4v) is 1.55. The molecule has 0 bridgehead atoms. The number of anilines is 1. The normalized spacial score (nSPS) is 9.29. The van der Waals surface area contributed by atoms with E-state index in [0.717, 1.165) is 5.69 Å². The van der Waals surface area contributed by atoms with Crippen LogP contribution in [-0.2, 0) is 16.0 Å². The number of hydrogen-bond donors (Lipinski definition) is 3. The highest BCUT2D eigenvalue weighted by molar-refractivity contribution is 5.92. The second-order valence-electron chi connectivity index (χ2n) is 4.50. The summed E-state index contributed by atoms with van der Waals surface area (Å²) < 4.78 is 9.03. The van der Waals surface area contributed by atoms with Crippen molar-refractivity contribution in [1.82, 2.24) is 15.3 Å². The van der Waals surface area contributed by atoms with Crippen molar-refractivity contribution in [3.63, 3.8) is 0 Å². The van der Waals surface area contributed by atoms with Gasteiger partial charge in [-0.1, -0.05) is 6.07 Å². The maximum Gasteiger partial charge on any atom is 0.320 e. The van der Waals surface area contributed by atoms with E-state index >= 15 is 0 Å². The highest BCUT2D eigenvalue weighted by atomic mass is 16.5. The van der Waals surface area contributed by atoms with E-state index in [1.807, 2.05) is 18.2 Å². The standard InChI is InChI=1S/C14H15N5O2.C2H6O/c1-21-13(15)10-5-6-12(17-8-10)19-14(20)18-9-11-4-2-3-7-16-11;1-3-2/h2-8,15H,9H2,1H3,(H2,17,18,19,20);1-2H3. The molecule has 2 rings (SSSR count). The Morgan fingerprint density at radius 1 is 1.17 bits per heavy atom. The van der Waals surface area contributed by atoms with Gasteiger partial charge < -0.3 is 14.8 Å². The number of carbonyl (C=O) groups excluding carboxylic acids is 1. The Bertz CT molecular complexity index is 632. The number of urea groups is 1. The second kappa shape index (κ2) is 10.7. The molecule has 8 nitrogen and oxygen atoms in total. The van der Waals surface area contributed by atoms with Crippen LogP contribution in [0.25, 0.3) is 0 Å². The van der Waals surface area contributed by atoms with Crippen molar-refractivity contribution in [2.75, 3.05) is 26.6 Å². The molecule has 0 unspecified atom stereocenters. The van der Waals surface area contributed by atoms with Crippen LogP contribution in [0.3, 0.4) is 0 Å². The van der Waals surface area contributed by atoms with Crippen LogP contribution in [0.5, 0.6) is 0 Å². The quantitative estimate of drug-likeness (QED) is 0.587. The van der Waals surface area contributed by atoms with Crippen LogP contribution in [0.2, 0.25) is 0 Å². The lowest BCUT2D eigenvalue weighted by atomic mass is 10.3. The Labute approximate surface area is 140 Å². The Morgan fingerprint density at radius 3 is 2.46 bits per heavy atom. The van der Waals surface area contributed by atoms with Gasteiger partial charge in [0.2, 0.25) is 5.90 Å². The summed E-state index contributed by atoms with van der Waals surface area (Å²) in [6.07, 6.45) is 3.13. The lowest BCUT2D eigenvalue weighted by molar-refractivity contribution is 0.251. The predicted octanol–water partition coefficient (Wildman–Crippen LogP) is 2.03. The molecular weight excluding hydrogens is 310 g/mol. The molecule has 0 aliphatic rings. The maximum atomic E-state index is 11.7. The third kappa shape index (κ3) is 6.84. The van der Waals surface area contributed by atoms with Crippen LogP contribution in [0.15, 0.2) is 42.7 Å². The summed E-state index contributed by atoms with van der Waals surface area (Å²) in [6, 6.07) is 8.36. The molecule has 2 heterocycles. The molecule has 0 radical (unpaired) electrons. The molecule has 128 valence electrons. The Morgan fingerprint density at radius 2 is 1.92 bits per heavy atom. The number of methoxy groups -OCH3 is 2. The van der Waals surface area contributed by atoms with E-state index in [9.17, 15) is 4.79 Å². The average molecular weight is 331 g/mol. The van der Waals surface area contributed by atoms with Gasteiger partial charge in [0.15, 0.2) is 0 Å². The largest absolute Gasteiger partial charge is 0.481 e. The lowest BCUT2D eigenvalue weighted by Gasteiger charge is -2.07. The first kappa shape index (κ1) is 19.0. The number of rotatable bonds is 4. The van der Waals surface area contributed by atoms with Gasteiger partial charge in [-0.05, 0) is 24.3 Å². The molecule has 0 fully saturated rings. The van der Waals surface area contributed by atoms with E-state index < -0.39 is 0 Å². The molecule has 0 spiro atoms. The summed E-state index contributed by atoms with van der Waals surface area (Å²) in [5, 5.41) is 12.8. The zero-order chi connectivity index (χ0) is 17.8. The minimum absolute atomic E-state index is 0.0219. The summed E-state index contributed by atoms with van der Waals surface area (Å²) in [7, 11) is 4.67. The second-order valence-corrected chi connectivity index (χ2v) is 4.50. The highest BCUT2D eigenvalue weighted by Crippen LogP contribution is 2.06. The number of hydrogen-bond acceptors (Lipinski definition) is 6. The van der Waals surface area contributed by atoms with E-state index in [2.05, 4.69) is 25.3 Å². The van der Waals surface area contributed by atoms with E-state index in [-0.39, 0.29) is 11.9 Å². The molecule has 0 saturated heterocycles. The molecule has 2 amide bonds. The van der Waals surface area contributed by atoms with E-state index in [4.69, 9.17) is 10.1 Å². The summed E-state index contributed by atoms with van der Waals surface area (Å²) in [6.45, 7) is 0.332. The van der Waals surface area contributed by atoms with Gasteiger partial charge in [0, 0.05) is 26.6 Å².